The molecule has 0 aromatic heterocycles. The van der Waals surface area contributed by atoms with Gasteiger partial charge in [-0.2, -0.15) is 0 Å². The Labute approximate surface area is 334 Å². The van der Waals surface area contributed by atoms with Crippen molar-refractivity contribution in [3.05, 3.63) is 0 Å². The lowest BCUT2D eigenvalue weighted by Gasteiger charge is -2.22. The van der Waals surface area contributed by atoms with Gasteiger partial charge in [0.25, 0.3) is 0 Å². The molecule has 0 heterocycles. The molecule has 0 spiro atoms. The summed E-state index contributed by atoms with van der Waals surface area (Å²) in [5.74, 6) is -0.0291. The van der Waals surface area contributed by atoms with Crippen LogP contribution in [0.5, 0.6) is 0 Å². The van der Waals surface area contributed by atoms with E-state index in [-0.39, 0.29) is 12.5 Å². The first-order valence-corrected chi connectivity index (χ1v) is 24.7. The van der Waals surface area contributed by atoms with E-state index in [2.05, 4.69) is 19.2 Å². The maximum atomic E-state index is 12.3. The predicted molar refractivity (Wildman–Crippen MR) is 235 cm³/mol. The zero-order valence-electron chi connectivity index (χ0n) is 36.6. The van der Waals surface area contributed by atoms with Crippen molar-refractivity contribution in [2.75, 3.05) is 6.61 Å². The molecule has 2 atom stereocenters. The van der Waals surface area contributed by atoms with Gasteiger partial charge in [0.2, 0.25) is 5.91 Å². The molecule has 0 aliphatic heterocycles. The molecule has 0 bridgehead atoms. The van der Waals surface area contributed by atoms with Gasteiger partial charge >= 0.3 is 0 Å². The molecule has 3 N–H and O–H groups in total. The van der Waals surface area contributed by atoms with E-state index < -0.39 is 12.1 Å². The van der Waals surface area contributed by atoms with E-state index in [1.807, 2.05) is 0 Å². The Morgan fingerprint density at radius 1 is 0.377 bits per heavy atom. The number of nitrogens with one attached hydrogen (secondary N) is 1. The Hall–Kier alpha value is -0.610. The number of aliphatic hydroxyl groups excluding tert-OH is 2. The fourth-order valence-corrected chi connectivity index (χ4v) is 8.07. The number of amides is 1. The third kappa shape index (κ3) is 42.4. The molecule has 0 aliphatic carbocycles. The zero-order valence-corrected chi connectivity index (χ0v) is 36.6. The quantitative estimate of drug-likeness (QED) is 0.0543. The lowest BCUT2D eigenvalue weighted by Crippen LogP contribution is -2.45. The summed E-state index contributed by atoms with van der Waals surface area (Å²) in [6.45, 7) is 4.34. The maximum Gasteiger partial charge on any atom is 0.220 e. The molecule has 0 aromatic carbocycles. The van der Waals surface area contributed by atoms with Crippen LogP contribution in [0.1, 0.15) is 290 Å². The number of hydrogen-bond donors (Lipinski definition) is 3. The third-order valence-electron chi connectivity index (χ3n) is 11.9. The highest BCUT2D eigenvalue weighted by molar-refractivity contribution is 5.76. The number of hydrogen-bond acceptors (Lipinski definition) is 3. The lowest BCUT2D eigenvalue weighted by atomic mass is 10.0. The van der Waals surface area contributed by atoms with Gasteiger partial charge in [0.15, 0.2) is 0 Å². The molecule has 53 heavy (non-hydrogen) atoms. The highest BCUT2D eigenvalue weighted by Gasteiger charge is 2.20. The van der Waals surface area contributed by atoms with Crippen molar-refractivity contribution in [1.29, 1.82) is 0 Å². The fourth-order valence-electron chi connectivity index (χ4n) is 8.07. The number of rotatable bonds is 46. The van der Waals surface area contributed by atoms with Crippen molar-refractivity contribution in [2.45, 2.75) is 302 Å². The number of carbonyl (C=O) groups is 1. The van der Waals surface area contributed by atoms with Crippen LogP contribution in [0.25, 0.3) is 0 Å². The van der Waals surface area contributed by atoms with Gasteiger partial charge in [0.05, 0.1) is 18.8 Å². The van der Waals surface area contributed by atoms with Gasteiger partial charge in [0.1, 0.15) is 0 Å². The highest BCUT2D eigenvalue weighted by Crippen LogP contribution is 2.18. The second-order valence-corrected chi connectivity index (χ2v) is 17.3. The van der Waals surface area contributed by atoms with E-state index in [9.17, 15) is 15.0 Å². The first-order chi connectivity index (χ1) is 26.2. The van der Waals surface area contributed by atoms with Crippen LogP contribution in [0.4, 0.5) is 0 Å². The van der Waals surface area contributed by atoms with Crippen LogP contribution in [0.15, 0.2) is 0 Å². The molecule has 0 radical (unpaired) electrons. The summed E-state index contributed by atoms with van der Waals surface area (Å²) >= 11 is 0. The van der Waals surface area contributed by atoms with Gasteiger partial charge in [-0.1, -0.05) is 271 Å². The topological polar surface area (TPSA) is 69.6 Å². The van der Waals surface area contributed by atoms with E-state index in [0.29, 0.717) is 12.8 Å². The second kappa shape index (κ2) is 45.8. The van der Waals surface area contributed by atoms with Gasteiger partial charge in [-0.3, -0.25) is 4.79 Å². The summed E-state index contributed by atoms with van der Waals surface area (Å²) in [5.41, 5.74) is 0. The molecule has 0 aromatic rings. The second-order valence-electron chi connectivity index (χ2n) is 17.3. The molecule has 0 aliphatic rings. The average Bonchev–Trinajstić information content (AvgIpc) is 3.16. The number of carbonyl (C=O) groups excluding carboxylic acids is 1. The summed E-state index contributed by atoms with van der Waals surface area (Å²) < 4.78 is 0. The molecule has 0 rings (SSSR count). The first-order valence-electron chi connectivity index (χ1n) is 24.7. The van der Waals surface area contributed by atoms with Gasteiger partial charge in [-0.25, -0.2) is 0 Å². The van der Waals surface area contributed by atoms with E-state index in [4.69, 9.17) is 0 Å². The van der Waals surface area contributed by atoms with Crippen LogP contribution in [0, 0.1) is 0 Å². The van der Waals surface area contributed by atoms with Crippen molar-refractivity contribution < 1.29 is 15.0 Å². The monoisotopic (exact) mass is 750 g/mol. The van der Waals surface area contributed by atoms with E-state index in [1.54, 1.807) is 0 Å². The normalized spacial score (nSPS) is 12.8. The van der Waals surface area contributed by atoms with Crippen molar-refractivity contribution in [2.24, 2.45) is 0 Å². The molecular formula is C49H99NO3. The highest BCUT2D eigenvalue weighted by atomic mass is 16.3. The van der Waals surface area contributed by atoms with Gasteiger partial charge in [0, 0.05) is 6.42 Å². The summed E-state index contributed by atoms with van der Waals surface area (Å²) in [6.07, 6.45) is 56.8. The Bertz CT molecular complexity index is 685. The first kappa shape index (κ1) is 52.4. The molecule has 4 nitrogen and oxygen atoms in total. The summed E-state index contributed by atoms with van der Waals surface area (Å²) in [7, 11) is 0. The average molecular weight is 750 g/mol. The molecule has 0 saturated carbocycles. The van der Waals surface area contributed by atoms with Crippen LogP contribution >= 0.6 is 0 Å². The summed E-state index contributed by atoms with van der Waals surface area (Å²) in [6, 6.07) is -0.527. The lowest BCUT2D eigenvalue weighted by molar-refractivity contribution is -0.123. The van der Waals surface area contributed by atoms with Crippen molar-refractivity contribution >= 4 is 5.91 Å². The molecule has 318 valence electrons. The van der Waals surface area contributed by atoms with Crippen molar-refractivity contribution in [3.8, 4) is 0 Å². The number of aliphatic hydroxyl groups is 2. The summed E-state index contributed by atoms with van der Waals surface area (Å²) in [4.78, 5) is 12.3. The number of unbranched alkanes of at least 4 members (excludes halogenated alkanes) is 39. The Balaban J connectivity index is 3.28. The molecule has 2 unspecified atom stereocenters. The molecule has 0 saturated heterocycles. The molecular weight excluding hydrogens is 651 g/mol. The minimum Gasteiger partial charge on any atom is -0.394 e. The van der Waals surface area contributed by atoms with Crippen LogP contribution < -0.4 is 5.32 Å². The zero-order chi connectivity index (χ0) is 38.6. The summed E-state index contributed by atoms with van der Waals surface area (Å²) in [5, 5.41) is 23.0. The van der Waals surface area contributed by atoms with Crippen LogP contribution in [0.3, 0.4) is 0 Å². The smallest absolute Gasteiger partial charge is 0.220 e. The minimum atomic E-state index is -0.650. The van der Waals surface area contributed by atoms with Crippen LogP contribution in [-0.2, 0) is 4.79 Å². The molecule has 1 amide bonds. The third-order valence-corrected chi connectivity index (χ3v) is 11.9. The van der Waals surface area contributed by atoms with E-state index in [0.717, 1.165) is 25.7 Å². The van der Waals surface area contributed by atoms with Gasteiger partial charge < -0.3 is 15.5 Å². The van der Waals surface area contributed by atoms with Crippen molar-refractivity contribution in [3.63, 3.8) is 0 Å². The van der Waals surface area contributed by atoms with E-state index in [1.165, 1.54) is 238 Å². The Morgan fingerprint density at radius 3 is 0.849 bits per heavy atom. The fraction of sp³-hybridized carbons (Fsp3) is 0.980. The van der Waals surface area contributed by atoms with Crippen LogP contribution in [0.2, 0.25) is 0 Å². The van der Waals surface area contributed by atoms with Crippen LogP contribution in [-0.4, -0.2) is 34.9 Å². The Morgan fingerprint density at radius 2 is 0.604 bits per heavy atom. The predicted octanol–water partition coefficient (Wildman–Crippen LogP) is 15.6. The van der Waals surface area contributed by atoms with Crippen molar-refractivity contribution in [1.82, 2.24) is 5.32 Å². The van der Waals surface area contributed by atoms with Gasteiger partial charge in [-0.05, 0) is 12.8 Å². The maximum absolute atomic E-state index is 12.3. The standard InChI is InChI=1S/C49H99NO3/c1-3-5-7-9-11-12-13-14-15-16-17-18-19-20-21-22-23-24-25-26-27-28-29-30-31-32-33-34-35-36-37-39-41-43-45-49(53)50-47(46-51)48(52)44-42-40-38-10-8-6-4-2/h47-48,51-52H,3-46H2,1-2H3,(H,50,53). The Kier molecular flexibility index (Phi) is 45.3. The molecule has 0 fully saturated rings. The molecule has 4 heteroatoms. The minimum absolute atomic E-state index is 0.0291. The van der Waals surface area contributed by atoms with Gasteiger partial charge in [-0.15, -0.1) is 0 Å². The largest absolute Gasteiger partial charge is 0.394 e. The SMILES string of the molecule is CCCCCCCCCCCCCCCCCCCCCCCCCCCCCCCCCCCCC(=O)NC(CO)C(O)CCCCCCCCC. The van der Waals surface area contributed by atoms with E-state index >= 15 is 0 Å².